The maximum absolute atomic E-state index is 13.7. The van der Waals surface area contributed by atoms with Crippen LogP contribution in [0.3, 0.4) is 0 Å². The van der Waals surface area contributed by atoms with Gasteiger partial charge in [-0.25, -0.2) is 0 Å². The van der Waals surface area contributed by atoms with Gasteiger partial charge in [0.05, 0.1) is 13.7 Å². The summed E-state index contributed by atoms with van der Waals surface area (Å²) in [5.41, 5.74) is 0.475. The van der Waals surface area contributed by atoms with Gasteiger partial charge in [0.1, 0.15) is 16.9 Å². The molecule has 1 aromatic heterocycles. The first-order valence-corrected chi connectivity index (χ1v) is 13.3. The van der Waals surface area contributed by atoms with E-state index in [9.17, 15) is 14.4 Å². The van der Waals surface area contributed by atoms with Gasteiger partial charge in [-0.05, 0) is 43.1 Å². The standard InChI is InChI=1S/C29H39N3O4/c1-20(2)12-14-30-28(34)24-18-31(16-23-10-6-7-11-26(23)36-3)19-25(27(24)33)29(35)32-15-13-21-8-4-5-9-22(21)17-32/h6-7,10-11,18-22H,4-5,8-9,12-17H2,1-3H3,(H,30,34)/t21-,22-/m0/s1. The first kappa shape index (κ1) is 26.0. The number of methoxy groups -OCH3 is 1. The van der Waals surface area contributed by atoms with Crippen LogP contribution >= 0.6 is 0 Å². The Morgan fingerprint density at radius 3 is 2.53 bits per heavy atom. The van der Waals surface area contributed by atoms with Crippen LogP contribution in [-0.2, 0) is 6.54 Å². The molecule has 7 nitrogen and oxygen atoms in total. The Bertz CT molecular complexity index is 1140. The summed E-state index contributed by atoms with van der Waals surface area (Å²) in [6, 6.07) is 7.62. The average Bonchev–Trinajstić information content (AvgIpc) is 2.88. The second kappa shape index (κ2) is 11.8. The molecule has 1 saturated carbocycles. The van der Waals surface area contributed by atoms with E-state index in [0.29, 0.717) is 49.7 Å². The van der Waals surface area contributed by atoms with Gasteiger partial charge in [0.15, 0.2) is 0 Å². The van der Waals surface area contributed by atoms with Crippen molar-refractivity contribution in [3.63, 3.8) is 0 Å². The number of fused-ring (bicyclic) bond motifs is 1. The molecule has 1 N–H and O–H groups in total. The normalized spacial score (nSPS) is 19.6. The molecule has 0 spiro atoms. The molecule has 4 rings (SSSR count). The molecule has 2 fully saturated rings. The molecule has 1 aliphatic carbocycles. The SMILES string of the molecule is COc1ccccc1Cn1cc(C(=O)NCCC(C)C)c(=O)c(C(=O)N2CC[C@@H]3CCCC[C@H]3C2)c1. The van der Waals surface area contributed by atoms with Crippen molar-refractivity contribution in [2.75, 3.05) is 26.7 Å². The van der Waals surface area contributed by atoms with Gasteiger partial charge in [-0.2, -0.15) is 0 Å². The van der Waals surface area contributed by atoms with Gasteiger partial charge in [-0.3, -0.25) is 14.4 Å². The molecule has 2 aliphatic rings. The number of aromatic nitrogens is 1. The van der Waals surface area contributed by atoms with E-state index in [4.69, 9.17) is 4.74 Å². The van der Waals surface area contributed by atoms with Crippen molar-refractivity contribution < 1.29 is 14.3 Å². The van der Waals surface area contributed by atoms with Gasteiger partial charge in [0.25, 0.3) is 11.8 Å². The van der Waals surface area contributed by atoms with Gasteiger partial charge in [-0.1, -0.05) is 51.3 Å². The lowest BCUT2D eigenvalue weighted by Crippen LogP contribution is -2.46. The second-order valence-corrected chi connectivity index (χ2v) is 10.7. The second-order valence-electron chi connectivity index (χ2n) is 10.7. The highest BCUT2D eigenvalue weighted by atomic mass is 16.5. The molecular weight excluding hydrogens is 454 g/mol. The Morgan fingerprint density at radius 1 is 1.06 bits per heavy atom. The number of nitrogens with zero attached hydrogens (tertiary/aromatic N) is 2. The number of nitrogens with one attached hydrogen (secondary N) is 1. The number of para-hydroxylation sites is 1. The fraction of sp³-hybridized carbons (Fsp3) is 0.552. The van der Waals surface area contributed by atoms with Gasteiger partial charge in [0.2, 0.25) is 5.43 Å². The van der Waals surface area contributed by atoms with Crippen molar-refractivity contribution in [1.29, 1.82) is 0 Å². The van der Waals surface area contributed by atoms with Crippen LogP contribution in [0.4, 0.5) is 0 Å². The van der Waals surface area contributed by atoms with Crippen LogP contribution in [0.2, 0.25) is 0 Å². The van der Waals surface area contributed by atoms with Gasteiger partial charge >= 0.3 is 0 Å². The molecule has 194 valence electrons. The summed E-state index contributed by atoms with van der Waals surface area (Å²) in [5.74, 6) is 1.64. The highest BCUT2D eigenvalue weighted by Crippen LogP contribution is 2.36. The maximum Gasteiger partial charge on any atom is 0.259 e. The minimum atomic E-state index is -0.496. The molecule has 36 heavy (non-hydrogen) atoms. The molecule has 0 bridgehead atoms. The fourth-order valence-corrected chi connectivity index (χ4v) is 5.59. The van der Waals surface area contributed by atoms with Crippen LogP contribution in [0.15, 0.2) is 41.5 Å². The number of amides is 2. The zero-order valence-electron chi connectivity index (χ0n) is 21.8. The summed E-state index contributed by atoms with van der Waals surface area (Å²) in [7, 11) is 1.61. The van der Waals surface area contributed by atoms with E-state index in [0.717, 1.165) is 24.8 Å². The quantitative estimate of drug-likeness (QED) is 0.594. The number of carbonyl (C=O) groups excluding carboxylic acids is 2. The summed E-state index contributed by atoms with van der Waals surface area (Å²) in [4.78, 5) is 42.0. The molecule has 1 saturated heterocycles. The van der Waals surface area contributed by atoms with Crippen molar-refractivity contribution in [2.24, 2.45) is 17.8 Å². The van der Waals surface area contributed by atoms with E-state index in [1.54, 1.807) is 24.1 Å². The number of pyridine rings is 1. The molecule has 2 aromatic rings. The Morgan fingerprint density at radius 2 is 1.78 bits per heavy atom. The molecule has 2 heterocycles. The molecule has 0 radical (unpaired) electrons. The van der Waals surface area contributed by atoms with Crippen LogP contribution in [0.1, 0.15) is 78.7 Å². The van der Waals surface area contributed by atoms with Crippen molar-refractivity contribution in [2.45, 2.75) is 58.9 Å². The monoisotopic (exact) mass is 493 g/mol. The number of rotatable bonds is 8. The third-order valence-electron chi connectivity index (χ3n) is 7.69. The Hall–Kier alpha value is -3.09. The highest BCUT2D eigenvalue weighted by Gasteiger charge is 2.34. The third-order valence-corrected chi connectivity index (χ3v) is 7.69. The Balaban J connectivity index is 1.65. The molecule has 1 aromatic carbocycles. The average molecular weight is 494 g/mol. The van der Waals surface area contributed by atoms with Crippen LogP contribution in [0.5, 0.6) is 5.75 Å². The van der Waals surface area contributed by atoms with Crippen molar-refractivity contribution in [3.05, 3.63) is 63.6 Å². The summed E-state index contributed by atoms with van der Waals surface area (Å²) in [5, 5.41) is 2.87. The number of hydrogen-bond acceptors (Lipinski definition) is 4. The number of likely N-dealkylation sites (tertiary alicyclic amines) is 1. The summed E-state index contributed by atoms with van der Waals surface area (Å²) >= 11 is 0. The van der Waals surface area contributed by atoms with E-state index >= 15 is 0 Å². The van der Waals surface area contributed by atoms with Gasteiger partial charge in [-0.15, -0.1) is 0 Å². The molecule has 2 amide bonds. The van der Waals surface area contributed by atoms with E-state index in [2.05, 4.69) is 19.2 Å². The number of ether oxygens (including phenoxy) is 1. The predicted molar refractivity (Wildman–Crippen MR) is 141 cm³/mol. The van der Waals surface area contributed by atoms with Crippen molar-refractivity contribution in [1.82, 2.24) is 14.8 Å². The zero-order chi connectivity index (χ0) is 25.7. The lowest BCUT2D eigenvalue weighted by molar-refractivity contribution is 0.0519. The van der Waals surface area contributed by atoms with Crippen LogP contribution in [-0.4, -0.2) is 48.0 Å². The Labute approximate surface area is 213 Å². The van der Waals surface area contributed by atoms with Crippen LogP contribution < -0.4 is 15.5 Å². The van der Waals surface area contributed by atoms with Gasteiger partial charge < -0.3 is 19.5 Å². The molecule has 7 heteroatoms. The van der Waals surface area contributed by atoms with E-state index in [1.807, 2.05) is 29.2 Å². The molecule has 0 unspecified atom stereocenters. The largest absolute Gasteiger partial charge is 0.496 e. The van der Waals surface area contributed by atoms with Crippen LogP contribution in [0, 0.1) is 17.8 Å². The predicted octanol–water partition coefficient (Wildman–Crippen LogP) is 4.33. The van der Waals surface area contributed by atoms with Crippen molar-refractivity contribution in [3.8, 4) is 5.75 Å². The van der Waals surface area contributed by atoms with Gasteiger partial charge in [0, 0.05) is 37.6 Å². The summed E-state index contributed by atoms with van der Waals surface area (Å²) in [6.45, 7) is 6.39. The van der Waals surface area contributed by atoms with E-state index < -0.39 is 11.3 Å². The third kappa shape index (κ3) is 6.00. The first-order chi connectivity index (χ1) is 17.4. The zero-order valence-corrected chi connectivity index (χ0v) is 21.8. The number of hydrogen-bond donors (Lipinski definition) is 1. The minimum absolute atomic E-state index is 0.00653. The van der Waals surface area contributed by atoms with E-state index in [1.165, 1.54) is 19.3 Å². The topological polar surface area (TPSA) is 80.6 Å². The number of carbonyl (C=O) groups is 2. The lowest BCUT2D eigenvalue weighted by atomic mass is 9.75. The number of piperidine rings is 1. The maximum atomic E-state index is 13.7. The highest BCUT2D eigenvalue weighted by molar-refractivity contribution is 5.99. The first-order valence-electron chi connectivity index (χ1n) is 13.3. The Kier molecular flexibility index (Phi) is 8.49. The van der Waals surface area contributed by atoms with Crippen LogP contribution in [0.25, 0.3) is 0 Å². The van der Waals surface area contributed by atoms with E-state index in [-0.39, 0.29) is 17.0 Å². The molecular formula is C29H39N3O4. The smallest absolute Gasteiger partial charge is 0.259 e. The summed E-state index contributed by atoms with van der Waals surface area (Å²) in [6.07, 6.45) is 9.84. The minimum Gasteiger partial charge on any atom is -0.496 e. The number of benzene rings is 1. The fourth-order valence-electron chi connectivity index (χ4n) is 5.59. The van der Waals surface area contributed by atoms with Crippen molar-refractivity contribution >= 4 is 11.8 Å². The molecule has 1 aliphatic heterocycles. The molecule has 2 atom stereocenters. The summed E-state index contributed by atoms with van der Waals surface area (Å²) < 4.78 is 7.25. The lowest BCUT2D eigenvalue weighted by Gasteiger charge is -2.41.